The van der Waals surface area contributed by atoms with E-state index in [1.165, 1.54) is 12.1 Å². The summed E-state index contributed by atoms with van der Waals surface area (Å²) in [6.45, 7) is 3.97. The van der Waals surface area contributed by atoms with Gasteiger partial charge < -0.3 is 4.74 Å². The number of esters is 1. The lowest BCUT2D eigenvalue weighted by atomic mass is 9.95. The first-order chi connectivity index (χ1) is 12.4. The van der Waals surface area contributed by atoms with Crippen LogP contribution in [0.25, 0.3) is 11.1 Å². The summed E-state index contributed by atoms with van der Waals surface area (Å²) >= 11 is 11.8. The Bertz CT molecular complexity index is 737. The summed E-state index contributed by atoms with van der Waals surface area (Å²) in [7, 11) is 0. The van der Waals surface area contributed by atoms with Crippen molar-refractivity contribution in [2.24, 2.45) is 5.92 Å². The molecule has 140 valence electrons. The van der Waals surface area contributed by atoms with Crippen LogP contribution in [-0.4, -0.2) is 18.6 Å². The average Bonchev–Trinajstić information content (AvgIpc) is 2.64. The fourth-order valence-electron chi connectivity index (χ4n) is 2.80. The minimum absolute atomic E-state index is 0.0789. The fourth-order valence-corrected chi connectivity index (χ4v) is 3.14. The van der Waals surface area contributed by atoms with E-state index < -0.39 is 0 Å². The zero-order valence-electron chi connectivity index (χ0n) is 14.8. The minimum Gasteiger partial charge on any atom is -0.466 e. The van der Waals surface area contributed by atoms with Gasteiger partial charge in [-0.15, -0.1) is 0 Å². The Morgan fingerprint density at radius 3 is 2.54 bits per heavy atom. The van der Waals surface area contributed by atoms with Crippen LogP contribution in [0.1, 0.15) is 25.8 Å². The third-order valence-corrected chi connectivity index (χ3v) is 4.70. The summed E-state index contributed by atoms with van der Waals surface area (Å²) in [4.78, 5) is 14.5. The lowest BCUT2D eigenvalue weighted by Gasteiger charge is -2.18. The van der Waals surface area contributed by atoms with Gasteiger partial charge in [-0.3, -0.25) is 4.79 Å². The zero-order chi connectivity index (χ0) is 19.1. The highest BCUT2D eigenvalue weighted by atomic mass is 35.5. The molecule has 1 unspecified atom stereocenters. The molecule has 0 aliphatic rings. The van der Waals surface area contributed by atoms with E-state index in [1.807, 2.05) is 31.2 Å². The molecule has 2 aromatic rings. The van der Waals surface area contributed by atoms with Gasteiger partial charge in [0.25, 0.3) is 0 Å². The Hall–Kier alpha value is -1.62. The molecule has 0 aliphatic carbocycles. The SMILES string of the molecule is CCOC(=O)C(C)C[C@@H](Cc1ccc(-c2cc(Cl)ccc2F)cc1)NCl. The molecule has 6 heteroatoms. The number of rotatable bonds is 8. The van der Waals surface area contributed by atoms with Gasteiger partial charge in [0.1, 0.15) is 5.82 Å². The first kappa shape index (κ1) is 20.7. The molecule has 0 heterocycles. The summed E-state index contributed by atoms with van der Waals surface area (Å²) < 4.78 is 19.0. The second-order valence-electron chi connectivity index (χ2n) is 6.22. The van der Waals surface area contributed by atoms with E-state index in [-0.39, 0.29) is 23.7 Å². The van der Waals surface area contributed by atoms with Crippen LogP contribution in [0.3, 0.4) is 0 Å². The van der Waals surface area contributed by atoms with Gasteiger partial charge in [-0.25, -0.2) is 9.23 Å². The highest BCUT2D eigenvalue weighted by Crippen LogP contribution is 2.26. The Labute approximate surface area is 163 Å². The van der Waals surface area contributed by atoms with Gasteiger partial charge in [0.2, 0.25) is 0 Å². The van der Waals surface area contributed by atoms with E-state index in [9.17, 15) is 9.18 Å². The predicted molar refractivity (Wildman–Crippen MR) is 104 cm³/mol. The van der Waals surface area contributed by atoms with Crippen LogP contribution in [0.15, 0.2) is 42.5 Å². The second-order valence-corrected chi connectivity index (χ2v) is 6.87. The Balaban J connectivity index is 2.05. The highest BCUT2D eigenvalue weighted by Gasteiger charge is 2.20. The van der Waals surface area contributed by atoms with Crippen molar-refractivity contribution in [3.8, 4) is 11.1 Å². The minimum atomic E-state index is -0.314. The molecule has 0 fully saturated rings. The Morgan fingerprint density at radius 1 is 1.23 bits per heavy atom. The van der Waals surface area contributed by atoms with Crippen molar-refractivity contribution >= 4 is 29.3 Å². The number of hydrogen-bond acceptors (Lipinski definition) is 3. The van der Waals surface area contributed by atoms with Crippen molar-refractivity contribution in [1.82, 2.24) is 4.84 Å². The third kappa shape index (κ3) is 5.70. The maximum Gasteiger partial charge on any atom is 0.308 e. The quantitative estimate of drug-likeness (QED) is 0.479. The van der Waals surface area contributed by atoms with E-state index in [1.54, 1.807) is 13.0 Å². The number of hydrogen-bond donors (Lipinski definition) is 1. The monoisotopic (exact) mass is 397 g/mol. The van der Waals surface area contributed by atoms with Crippen molar-refractivity contribution in [3.05, 3.63) is 58.9 Å². The summed E-state index contributed by atoms with van der Waals surface area (Å²) in [6, 6.07) is 12.0. The van der Waals surface area contributed by atoms with Crippen molar-refractivity contribution in [2.75, 3.05) is 6.61 Å². The van der Waals surface area contributed by atoms with Crippen molar-refractivity contribution in [2.45, 2.75) is 32.7 Å². The average molecular weight is 398 g/mol. The molecule has 0 radical (unpaired) electrons. The molecule has 0 aromatic heterocycles. The van der Waals surface area contributed by atoms with Gasteiger partial charge in [0, 0.05) is 16.6 Å². The van der Waals surface area contributed by atoms with E-state index in [0.29, 0.717) is 30.0 Å². The van der Waals surface area contributed by atoms with Gasteiger partial charge in [-0.2, -0.15) is 0 Å². The van der Waals surface area contributed by atoms with E-state index in [0.717, 1.165) is 11.1 Å². The molecular weight excluding hydrogens is 376 g/mol. The second kappa shape index (κ2) is 9.91. The van der Waals surface area contributed by atoms with E-state index in [2.05, 4.69) is 4.84 Å². The molecule has 2 atom stereocenters. The predicted octanol–water partition coefficient (Wildman–Crippen LogP) is 5.39. The largest absolute Gasteiger partial charge is 0.466 e. The normalized spacial score (nSPS) is 13.3. The number of carbonyl (C=O) groups is 1. The highest BCUT2D eigenvalue weighted by molar-refractivity contribution is 6.30. The molecule has 0 saturated carbocycles. The molecule has 0 spiro atoms. The number of halogens is 3. The number of ether oxygens (including phenoxy) is 1. The van der Waals surface area contributed by atoms with Crippen LogP contribution in [0, 0.1) is 11.7 Å². The molecule has 0 bridgehead atoms. The van der Waals surface area contributed by atoms with E-state index in [4.69, 9.17) is 28.1 Å². The van der Waals surface area contributed by atoms with Crippen molar-refractivity contribution in [3.63, 3.8) is 0 Å². The van der Waals surface area contributed by atoms with E-state index >= 15 is 0 Å². The van der Waals surface area contributed by atoms with Crippen LogP contribution < -0.4 is 4.84 Å². The van der Waals surface area contributed by atoms with Crippen molar-refractivity contribution in [1.29, 1.82) is 0 Å². The van der Waals surface area contributed by atoms with Gasteiger partial charge >= 0.3 is 5.97 Å². The molecule has 3 nitrogen and oxygen atoms in total. The molecule has 1 N–H and O–H groups in total. The van der Waals surface area contributed by atoms with Crippen LogP contribution >= 0.6 is 23.4 Å². The van der Waals surface area contributed by atoms with Crippen LogP contribution in [0.2, 0.25) is 5.02 Å². The molecule has 26 heavy (non-hydrogen) atoms. The molecule has 0 aliphatic heterocycles. The van der Waals surface area contributed by atoms with Crippen LogP contribution in [0.5, 0.6) is 0 Å². The molecule has 0 saturated heterocycles. The zero-order valence-corrected chi connectivity index (χ0v) is 16.3. The molecule has 2 aromatic carbocycles. The molecule has 0 amide bonds. The van der Waals surface area contributed by atoms with Crippen molar-refractivity contribution < 1.29 is 13.9 Å². The Kier molecular flexibility index (Phi) is 7.88. The summed E-state index contributed by atoms with van der Waals surface area (Å²) in [5, 5.41) is 0.491. The van der Waals surface area contributed by atoms with Gasteiger partial charge in [0.15, 0.2) is 0 Å². The topological polar surface area (TPSA) is 38.3 Å². The van der Waals surface area contributed by atoms with Gasteiger partial charge in [-0.1, -0.05) is 42.8 Å². The number of nitrogens with one attached hydrogen (secondary N) is 1. The maximum atomic E-state index is 14.0. The summed E-state index contributed by atoms with van der Waals surface area (Å²) in [5.74, 6) is -0.784. The third-order valence-electron chi connectivity index (χ3n) is 4.16. The molecular formula is C20H22Cl2FNO2. The Morgan fingerprint density at radius 2 is 1.92 bits per heavy atom. The lowest BCUT2D eigenvalue weighted by molar-refractivity contribution is -0.147. The standard InChI is InChI=1S/C20H22Cl2FNO2/c1-3-26-20(25)13(2)10-17(24-22)11-14-4-6-15(7-5-14)18-12-16(21)8-9-19(18)23/h4-9,12-13,17,24H,3,10-11H2,1-2H3/t13?,17-/m0/s1. The smallest absolute Gasteiger partial charge is 0.308 e. The maximum absolute atomic E-state index is 14.0. The summed E-state index contributed by atoms with van der Waals surface area (Å²) in [5.41, 5.74) is 2.25. The number of benzene rings is 2. The first-order valence-electron chi connectivity index (χ1n) is 8.51. The lowest BCUT2D eigenvalue weighted by Crippen LogP contribution is -2.29. The van der Waals surface area contributed by atoms with Gasteiger partial charge in [0.05, 0.1) is 12.5 Å². The number of carbonyl (C=O) groups excluding carboxylic acids is 1. The van der Waals surface area contributed by atoms with Crippen LogP contribution in [0.4, 0.5) is 4.39 Å². The molecule has 2 rings (SSSR count). The fraction of sp³-hybridized carbons (Fsp3) is 0.350. The summed E-state index contributed by atoms with van der Waals surface area (Å²) in [6.07, 6.45) is 1.21. The van der Waals surface area contributed by atoms with Crippen LogP contribution in [-0.2, 0) is 16.0 Å². The van der Waals surface area contributed by atoms with Gasteiger partial charge in [-0.05, 0) is 60.9 Å². The first-order valence-corrected chi connectivity index (χ1v) is 9.27.